The summed E-state index contributed by atoms with van der Waals surface area (Å²) in [5, 5.41) is 0. The van der Waals surface area contributed by atoms with Gasteiger partial charge in [0.25, 0.3) is 5.76 Å². The number of halogens is 2. The van der Waals surface area contributed by atoms with Gasteiger partial charge in [-0.15, -0.1) is 0 Å². The first-order valence-electron chi connectivity index (χ1n) is 8.77. The second-order valence-corrected chi connectivity index (χ2v) is 7.80. The summed E-state index contributed by atoms with van der Waals surface area (Å²) in [4.78, 5) is 0.562. The largest absolute Gasteiger partial charge is 0.288 e. The SMILES string of the molecule is CC1CCC(c2ccc(C#Cc3ccc(SC(F)F)cc3)cc2)CC1. The van der Waals surface area contributed by atoms with Gasteiger partial charge in [-0.05, 0) is 66.6 Å². The summed E-state index contributed by atoms with van der Waals surface area (Å²) in [5.74, 6) is 5.43. The smallest absolute Gasteiger partial charge is 0.198 e. The molecule has 0 heterocycles. The minimum absolute atomic E-state index is 0.555. The fraction of sp³-hybridized carbons (Fsp3) is 0.364. The molecule has 1 aliphatic carbocycles. The van der Waals surface area contributed by atoms with Crippen molar-refractivity contribution in [1.29, 1.82) is 0 Å². The van der Waals surface area contributed by atoms with Crippen LogP contribution in [0.3, 0.4) is 0 Å². The molecule has 0 bridgehead atoms. The molecule has 3 rings (SSSR count). The van der Waals surface area contributed by atoms with Crippen molar-refractivity contribution in [2.75, 3.05) is 0 Å². The highest BCUT2D eigenvalue weighted by molar-refractivity contribution is 7.99. The highest BCUT2D eigenvalue weighted by Gasteiger charge is 2.19. The van der Waals surface area contributed by atoms with Gasteiger partial charge in [-0.3, -0.25) is 0 Å². The number of benzene rings is 2. The van der Waals surface area contributed by atoms with Crippen molar-refractivity contribution >= 4 is 11.8 Å². The van der Waals surface area contributed by atoms with E-state index < -0.39 is 5.76 Å². The summed E-state index contributed by atoms with van der Waals surface area (Å²) >= 11 is 0.555. The van der Waals surface area contributed by atoms with E-state index in [-0.39, 0.29) is 0 Å². The maximum absolute atomic E-state index is 12.3. The zero-order chi connectivity index (χ0) is 17.6. The molecule has 3 heteroatoms. The maximum Gasteiger partial charge on any atom is 0.288 e. The lowest BCUT2D eigenvalue weighted by atomic mass is 9.79. The topological polar surface area (TPSA) is 0 Å². The zero-order valence-electron chi connectivity index (χ0n) is 14.3. The quantitative estimate of drug-likeness (QED) is 0.436. The number of hydrogen-bond acceptors (Lipinski definition) is 1. The van der Waals surface area contributed by atoms with Gasteiger partial charge < -0.3 is 0 Å². The van der Waals surface area contributed by atoms with Gasteiger partial charge in [0, 0.05) is 16.0 Å². The van der Waals surface area contributed by atoms with E-state index in [1.165, 1.54) is 31.2 Å². The van der Waals surface area contributed by atoms with E-state index in [1.54, 1.807) is 24.3 Å². The van der Waals surface area contributed by atoms with Gasteiger partial charge >= 0.3 is 0 Å². The molecule has 2 aromatic rings. The Morgan fingerprint density at radius 3 is 1.88 bits per heavy atom. The number of thioether (sulfide) groups is 1. The van der Waals surface area contributed by atoms with Crippen LogP contribution in [0, 0.1) is 17.8 Å². The molecule has 1 aliphatic rings. The van der Waals surface area contributed by atoms with E-state index in [1.807, 2.05) is 0 Å². The monoisotopic (exact) mass is 356 g/mol. The van der Waals surface area contributed by atoms with Crippen LogP contribution < -0.4 is 0 Å². The molecule has 0 saturated heterocycles. The molecule has 0 amide bonds. The van der Waals surface area contributed by atoms with Crippen molar-refractivity contribution in [1.82, 2.24) is 0 Å². The Morgan fingerprint density at radius 1 is 0.840 bits per heavy atom. The summed E-state index contributed by atoms with van der Waals surface area (Å²) < 4.78 is 24.6. The standard InChI is InChI=1S/C22H22F2S/c1-16-2-10-19(11-3-16)20-12-6-17(7-13-20)4-5-18-8-14-21(15-9-18)25-22(23)24/h6-9,12-16,19,22H,2-3,10-11H2,1H3. The molecule has 0 aromatic heterocycles. The minimum atomic E-state index is -2.39. The van der Waals surface area contributed by atoms with Crippen LogP contribution in [0.15, 0.2) is 53.4 Å². The fourth-order valence-corrected chi connectivity index (χ4v) is 3.80. The lowest BCUT2D eigenvalue weighted by molar-refractivity contribution is 0.252. The van der Waals surface area contributed by atoms with Gasteiger partial charge in [-0.25, -0.2) is 0 Å². The van der Waals surface area contributed by atoms with Crippen LogP contribution in [0.2, 0.25) is 0 Å². The van der Waals surface area contributed by atoms with Crippen LogP contribution in [0.25, 0.3) is 0 Å². The summed E-state index contributed by atoms with van der Waals surface area (Å²) in [6.07, 6.45) is 5.22. The Balaban J connectivity index is 1.63. The van der Waals surface area contributed by atoms with E-state index in [0.29, 0.717) is 22.6 Å². The minimum Gasteiger partial charge on any atom is -0.198 e. The Kier molecular flexibility index (Phi) is 6.15. The summed E-state index contributed by atoms with van der Waals surface area (Å²) in [6.45, 7) is 2.34. The van der Waals surface area contributed by atoms with E-state index >= 15 is 0 Å². The third-order valence-corrected chi connectivity index (χ3v) is 5.55. The molecule has 2 aromatic carbocycles. The lowest BCUT2D eigenvalue weighted by Gasteiger charge is -2.26. The molecule has 1 saturated carbocycles. The van der Waals surface area contributed by atoms with Crippen LogP contribution in [-0.4, -0.2) is 5.76 Å². The van der Waals surface area contributed by atoms with E-state index in [0.717, 1.165) is 17.0 Å². The maximum atomic E-state index is 12.3. The van der Waals surface area contributed by atoms with Gasteiger partial charge in [0.15, 0.2) is 0 Å². The first-order chi connectivity index (χ1) is 12.1. The number of hydrogen-bond donors (Lipinski definition) is 0. The fourth-order valence-electron chi connectivity index (χ4n) is 3.30. The normalized spacial score (nSPS) is 20.2. The zero-order valence-corrected chi connectivity index (χ0v) is 15.2. The molecular formula is C22H22F2S. The van der Waals surface area contributed by atoms with Crippen molar-refractivity contribution in [2.45, 2.75) is 49.2 Å². The van der Waals surface area contributed by atoms with Gasteiger partial charge in [-0.2, -0.15) is 8.78 Å². The molecule has 0 spiro atoms. The molecular weight excluding hydrogens is 334 g/mol. The van der Waals surface area contributed by atoms with Crippen molar-refractivity contribution in [3.05, 3.63) is 65.2 Å². The van der Waals surface area contributed by atoms with Crippen LogP contribution in [0.1, 0.15) is 55.2 Å². The molecule has 1 fully saturated rings. The van der Waals surface area contributed by atoms with Crippen LogP contribution in [-0.2, 0) is 0 Å². The van der Waals surface area contributed by atoms with Gasteiger partial charge in [0.1, 0.15) is 0 Å². The molecule has 0 aliphatic heterocycles. The number of rotatable bonds is 3. The summed E-state index contributed by atoms with van der Waals surface area (Å²) in [5.41, 5.74) is 3.24. The molecule has 0 radical (unpaired) electrons. The van der Waals surface area contributed by atoms with Gasteiger partial charge in [0.2, 0.25) is 0 Å². The molecule has 0 nitrogen and oxygen atoms in total. The Bertz CT molecular complexity index is 730. The molecule has 0 N–H and O–H groups in total. The average molecular weight is 356 g/mol. The second kappa shape index (κ2) is 8.54. The Hall–Kier alpha value is -1.79. The van der Waals surface area contributed by atoms with E-state index in [9.17, 15) is 8.78 Å². The van der Waals surface area contributed by atoms with Crippen molar-refractivity contribution < 1.29 is 8.78 Å². The van der Waals surface area contributed by atoms with Crippen molar-refractivity contribution in [3.63, 3.8) is 0 Å². The predicted octanol–water partition coefficient (Wildman–Crippen LogP) is 6.69. The highest BCUT2D eigenvalue weighted by Crippen LogP contribution is 2.35. The third kappa shape index (κ3) is 5.34. The Labute approximate surface area is 153 Å². The summed E-state index contributed by atoms with van der Waals surface area (Å²) in [6, 6.07) is 15.5. The molecule has 130 valence electrons. The highest BCUT2D eigenvalue weighted by atomic mass is 32.2. The first kappa shape index (κ1) is 18.0. The van der Waals surface area contributed by atoms with Crippen LogP contribution in [0.4, 0.5) is 8.78 Å². The third-order valence-electron chi connectivity index (χ3n) is 4.83. The Morgan fingerprint density at radius 2 is 1.36 bits per heavy atom. The van der Waals surface area contributed by atoms with Gasteiger partial charge in [-0.1, -0.05) is 55.5 Å². The van der Waals surface area contributed by atoms with Crippen LogP contribution in [0.5, 0.6) is 0 Å². The van der Waals surface area contributed by atoms with Gasteiger partial charge in [0.05, 0.1) is 0 Å². The average Bonchev–Trinajstić information content (AvgIpc) is 2.62. The molecule has 0 unspecified atom stereocenters. The van der Waals surface area contributed by atoms with E-state index in [2.05, 4.69) is 43.0 Å². The second-order valence-electron chi connectivity index (χ2n) is 6.73. The number of alkyl halides is 2. The molecule has 25 heavy (non-hydrogen) atoms. The predicted molar refractivity (Wildman–Crippen MR) is 101 cm³/mol. The lowest BCUT2D eigenvalue weighted by Crippen LogP contribution is -2.10. The first-order valence-corrected chi connectivity index (χ1v) is 9.65. The van der Waals surface area contributed by atoms with Crippen molar-refractivity contribution in [2.24, 2.45) is 5.92 Å². The summed E-state index contributed by atoms with van der Waals surface area (Å²) in [7, 11) is 0. The van der Waals surface area contributed by atoms with Crippen molar-refractivity contribution in [3.8, 4) is 11.8 Å². The van der Waals surface area contributed by atoms with E-state index in [4.69, 9.17) is 0 Å². The molecule has 0 atom stereocenters. The van der Waals surface area contributed by atoms with Crippen LogP contribution >= 0.6 is 11.8 Å².